The summed E-state index contributed by atoms with van der Waals surface area (Å²) in [5.41, 5.74) is 7.52. The summed E-state index contributed by atoms with van der Waals surface area (Å²) in [6, 6.07) is 7.91. The van der Waals surface area contributed by atoms with Crippen LogP contribution in [0.2, 0.25) is 0 Å². The van der Waals surface area contributed by atoms with E-state index in [-0.39, 0.29) is 0 Å². The van der Waals surface area contributed by atoms with E-state index in [4.69, 9.17) is 5.73 Å². The molecule has 0 bridgehead atoms. The summed E-state index contributed by atoms with van der Waals surface area (Å²) in [5, 5.41) is 1.10. The fourth-order valence-electron chi connectivity index (χ4n) is 1.43. The molecule has 0 aliphatic carbocycles. The van der Waals surface area contributed by atoms with Crippen molar-refractivity contribution in [3.8, 4) is 0 Å². The summed E-state index contributed by atoms with van der Waals surface area (Å²) < 4.78 is 0. The van der Waals surface area contributed by atoms with Gasteiger partial charge in [-0.15, -0.1) is 0 Å². The Hall–Kier alpha value is -1.64. The molecule has 0 saturated carbocycles. The number of benzene rings is 1. The predicted octanol–water partition coefficient (Wildman–Crippen LogP) is 1.77. The fourth-order valence-corrected chi connectivity index (χ4v) is 1.43. The lowest BCUT2D eigenvalue weighted by Crippen LogP contribution is -1.99. The Morgan fingerprint density at radius 3 is 2.77 bits per heavy atom. The first-order valence-electron chi connectivity index (χ1n) is 4.32. The fraction of sp³-hybridized carbons (Fsp3) is 0.200. The minimum atomic E-state index is 0.357. The van der Waals surface area contributed by atoms with Crippen LogP contribution in [0.3, 0.4) is 0 Å². The zero-order chi connectivity index (χ0) is 9.26. The maximum Gasteiger partial charge on any atom is 0.220 e. The Kier molecular flexibility index (Phi) is 1.85. The summed E-state index contributed by atoms with van der Waals surface area (Å²) in [6.07, 6.45) is 0.882. The van der Waals surface area contributed by atoms with Crippen molar-refractivity contribution in [3.63, 3.8) is 0 Å². The first-order valence-corrected chi connectivity index (χ1v) is 4.32. The molecule has 0 amide bonds. The van der Waals surface area contributed by atoms with E-state index in [1.807, 2.05) is 24.3 Å². The summed E-state index contributed by atoms with van der Waals surface area (Å²) in [7, 11) is 0. The molecule has 2 N–H and O–H groups in total. The zero-order valence-electron chi connectivity index (χ0n) is 7.49. The highest BCUT2D eigenvalue weighted by atomic mass is 15.0. The van der Waals surface area contributed by atoms with Crippen LogP contribution in [-0.4, -0.2) is 9.97 Å². The molecule has 2 aromatic rings. The van der Waals surface area contributed by atoms with E-state index < -0.39 is 0 Å². The van der Waals surface area contributed by atoms with Crippen LogP contribution in [-0.2, 0) is 6.42 Å². The van der Waals surface area contributed by atoms with E-state index in [1.165, 1.54) is 0 Å². The molecule has 0 aliphatic rings. The van der Waals surface area contributed by atoms with Crippen LogP contribution in [0.1, 0.15) is 12.6 Å². The van der Waals surface area contributed by atoms with Crippen molar-refractivity contribution in [2.75, 3.05) is 5.73 Å². The van der Waals surface area contributed by atoms with E-state index in [2.05, 4.69) is 16.9 Å². The highest BCUT2D eigenvalue weighted by molar-refractivity contribution is 5.81. The molecule has 1 heterocycles. The Balaban J connectivity index is 2.81. The zero-order valence-corrected chi connectivity index (χ0v) is 7.49. The minimum Gasteiger partial charge on any atom is -0.368 e. The normalized spacial score (nSPS) is 10.5. The molecule has 3 nitrogen and oxygen atoms in total. The smallest absolute Gasteiger partial charge is 0.220 e. The van der Waals surface area contributed by atoms with Crippen molar-refractivity contribution >= 4 is 16.9 Å². The maximum absolute atomic E-state index is 5.58. The van der Waals surface area contributed by atoms with E-state index >= 15 is 0 Å². The third-order valence-corrected chi connectivity index (χ3v) is 2.03. The number of hydrogen-bond donors (Lipinski definition) is 1. The van der Waals surface area contributed by atoms with E-state index in [0.29, 0.717) is 5.95 Å². The number of fused-ring (bicyclic) bond motifs is 1. The quantitative estimate of drug-likeness (QED) is 0.715. The monoisotopic (exact) mass is 173 g/mol. The van der Waals surface area contributed by atoms with E-state index in [1.54, 1.807) is 0 Å². The molecular formula is C10H11N3. The van der Waals surface area contributed by atoms with Crippen molar-refractivity contribution in [3.05, 3.63) is 30.0 Å². The molecule has 2 rings (SSSR count). The van der Waals surface area contributed by atoms with Gasteiger partial charge in [-0.3, -0.25) is 0 Å². The van der Waals surface area contributed by atoms with Crippen molar-refractivity contribution < 1.29 is 0 Å². The average Bonchev–Trinajstić information content (AvgIpc) is 2.16. The maximum atomic E-state index is 5.58. The summed E-state index contributed by atoms with van der Waals surface area (Å²) in [6.45, 7) is 2.06. The highest BCUT2D eigenvalue weighted by Crippen LogP contribution is 2.16. The van der Waals surface area contributed by atoms with Crippen molar-refractivity contribution in [2.45, 2.75) is 13.3 Å². The third kappa shape index (κ3) is 1.33. The predicted molar refractivity (Wildman–Crippen MR) is 53.3 cm³/mol. The molecule has 0 atom stereocenters. The summed E-state index contributed by atoms with van der Waals surface area (Å²) >= 11 is 0. The van der Waals surface area contributed by atoms with Crippen LogP contribution in [0.15, 0.2) is 24.3 Å². The molecule has 66 valence electrons. The Labute approximate surface area is 76.6 Å². The second-order valence-electron chi connectivity index (χ2n) is 2.90. The number of aryl methyl sites for hydroxylation is 1. The molecule has 0 aliphatic heterocycles. The van der Waals surface area contributed by atoms with Crippen molar-refractivity contribution in [2.24, 2.45) is 0 Å². The molecule has 3 heteroatoms. The second kappa shape index (κ2) is 3.01. The SMILES string of the molecule is CCc1nc(N)nc2ccccc12. The number of hydrogen-bond acceptors (Lipinski definition) is 3. The minimum absolute atomic E-state index is 0.357. The highest BCUT2D eigenvalue weighted by Gasteiger charge is 2.02. The molecule has 0 saturated heterocycles. The summed E-state index contributed by atoms with van der Waals surface area (Å²) in [5.74, 6) is 0.357. The lowest BCUT2D eigenvalue weighted by Gasteiger charge is -2.03. The largest absolute Gasteiger partial charge is 0.368 e. The summed E-state index contributed by atoms with van der Waals surface area (Å²) in [4.78, 5) is 8.34. The molecule has 0 unspecified atom stereocenters. The van der Waals surface area contributed by atoms with Crippen molar-refractivity contribution in [1.29, 1.82) is 0 Å². The van der Waals surface area contributed by atoms with Gasteiger partial charge in [0.05, 0.1) is 11.2 Å². The first kappa shape index (κ1) is 7.98. The molecule has 1 aromatic carbocycles. The number of nitrogens with zero attached hydrogens (tertiary/aromatic N) is 2. The number of aromatic nitrogens is 2. The molecule has 0 spiro atoms. The standard InChI is InChI=1S/C10H11N3/c1-2-8-7-5-3-4-6-9(7)13-10(11)12-8/h3-6H,2H2,1H3,(H2,11,12,13). The van der Waals surface area contributed by atoms with Gasteiger partial charge < -0.3 is 5.73 Å². The Morgan fingerprint density at radius 2 is 2.00 bits per heavy atom. The number of nitrogen functional groups attached to an aromatic ring is 1. The van der Waals surface area contributed by atoms with Crippen LogP contribution in [0.5, 0.6) is 0 Å². The Bertz CT molecular complexity index is 437. The van der Waals surface area contributed by atoms with Crippen LogP contribution in [0, 0.1) is 0 Å². The van der Waals surface area contributed by atoms with Gasteiger partial charge in [0.1, 0.15) is 0 Å². The second-order valence-corrected chi connectivity index (χ2v) is 2.90. The average molecular weight is 173 g/mol. The lowest BCUT2D eigenvalue weighted by atomic mass is 10.1. The van der Waals surface area contributed by atoms with Gasteiger partial charge in [0.2, 0.25) is 5.95 Å². The van der Waals surface area contributed by atoms with Crippen molar-refractivity contribution in [1.82, 2.24) is 9.97 Å². The van der Waals surface area contributed by atoms with E-state index in [9.17, 15) is 0 Å². The Morgan fingerprint density at radius 1 is 1.23 bits per heavy atom. The number of rotatable bonds is 1. The van der Waals surface area contributed by atoms with Gasteiger partial charge in [-0.2, -0.15) is 0 Å². The van der Waals surface area contributed by atoms with Crippen LogP contribution >= 0.6 is 0 Å². The van der Waals surface area contributed by atoms with Crippen LogP contribution in [0.25, 0.3) is 10.9 Å². The van der Waals surface area contributed by atoms with Gasteiger partial charge in [-0.1, -0.05) is 25.1 Å². The van der Waals surface area contributed by atoms with Gasteiger partial charge in [0, 0.05) is 5.39 Å². The molecular weight excluding hydrogens is 162 g/mol. The molecule has 0 fully saturated rings. The molecule has 0 radical (unpaired) electrons. The van der Waals surface area contributed by atoms with Crippen LogP contribution < -0.4 is 5.73 Å². The molecule has 1 aromatic heterocycles. The van der Waals surface area contributed by atoms with Gasteiger partial charge >= 0.3 is 0 Å². The first-order chi connectivity index (χ1) is 6.31. The topological polar surface area (TPSA) is 51.8 Å². The van der Waals surface area contributed by atoms with Gasteiger partial charge in [-0.25, -0.2) is 9.97 Å². The lowest BCUT2D eigenvalue weighted by molar-refractivity contribution is 1.04. The third-order valence-electron chi connectivity index (χ3n) is 2.03. The van der Waals surface area contributed by atoms with Gasteiger partial charge in [0.25, 0.3) is 0 Å². The number of para-hydroxylation sites is 1. The van der Waals surface area contributed by atoms with E-state index in [0.717, 1.165) is 23.0 Å². The van der Waals surface area contributed by atoms with Crippen LogP contribution in [0.4, 0.5) is 5.95 Å². The number of anilines is 1. The number of nitrogens with two attached hydrogens (primary N) is 1. The molecule has 13 heavy (non-hydrogen) atoms. The van der Waals surface area contributed by atoms with Gasteiger partial charge in [-0.05, 0) is 12.5 Å². The van der Waals surface area contributed by atoms with Gasteiger partial charge in [0.15, 0.2) is 0 Å².